The number of aromatic nitrogens is 2. The lowest BCUT2D eigenvalue weighted by Gasteiger charge is -2.12. The molecular formula is C15H14BrFN2O2. The number of nitrogens with zero attached hydrogens (tertiary/aromatic N) is 1. The van der Waals surface area contributed by atoms with E-state index < -0.39 is 11.6 Å². The van der Waals surface area contributed by atoms with E-state index in [0.717, 1.165) is 31.4 Å². The van der Waals surface area contributed by atoms with Gasteiger partial charge in [-0.2, -0.15) is 0 Å². The summed E-state index contributed by atoms with van der Waals surface area (Å²) in [6, 6.07) is 3.95. The first-order valence-corrected chi connectivity index (χ1v) is 7.64. The van der Waals surface area contributed by atoms with Crippen LogP contribution in [-0.2, 0) is 0 Å². The van der Waals surface area contributed by atoms with Crippen molar-refractivity contribution in [1.29, 1.82) is 0 Å². The Bertz CT molecular complexity index is 739. The van der Waals surface area contributed by atoms with E-state index in [0.29, 0.717) is 15.9 Å². The Labute approximate surface area is 129 Å². The minimum absolute atomic E-state index is 0.266. The molecule has 1 aromatic carbocycles. The number of rotatable bonds is 2. The molecule has 0 amide bonds. The van der Waals surface area contributed by atoms with Crippen LogP contribution in [0.2, 0.25) is 0 Å². The minimum Gasteiger partial charge on any atom is -0.505 e. The second-order valence-corrected chi connectivity index (χ2v) is 6.05. The van der Waals surface area contributed by atoms with Crippen LogP contribution in [0.4, 0.5) is 4.39 Å². The maximum atomic E-state index is 13.5. The topological polar surface area (TPSA) is 66.0 Å². The molecule has 21 heavy (non-hydrogen) atoms. The fraction of sp³-hybridized carbons (Fsp3) is 0.333. The van der Waals surface area contributed by atoms with Gasteiger partial charge in [0.2, 0.25) is 0 Å². The summed E-state index contributed by atoms with van der Waals surface area (Å²) in [6.45, 7) is 0. The molecule has 0 unspecified atom stereocenters. The Morgan fingerprint density at radius 3 is 2.71 bits per heavy atom. The summed E-state index contributed by atoms with van der Waals surface area (Å²) in [5.74, 6) is -0.568. The van der Waals surface area contributed by atoms with E-state index in [4.69, 9.17) is 0 Å². The van der Waals surface area contributed by atoms with Crippen molar-refractivity contribution >= 4 is 15.9 Å². The highest BCUT2D eigenvalue weighted by Gasteiger charge is 2.23. The van der Waals surface area contributed by atoms with Gasteiger partial charge < -0.3 is 10.1 Å². The van der Waals surface area contributed by atoms with Crippen molar-refractivity contribution in [2.24, 2.45) is 0 Å². The van der Waals surface area contributed by atoms with Crippen molar-refractivity contribution in [3.8, 4) is 17.1 Å². The van der Waals surface area contributed by atoms with E-state index in [2.05, 4.69) is 25.9 Å². The zero-order valence-corrected chi connectivity index (χ0v) is 12.8. The SMILES string of the molecule is O=c1[nH]c(-c2ccc(O)c(F)c2)nc(C2CCCC2)c1Br. The highest BCUT2D eigenvalue weighted by Crippen LogP contribution is 2.36. The molecule has 0 saturated heterocycles. The number of hydrogen-bond donors (Lipinski definition) is 2. The molecule has 0 aliphatic heterocycles. The number of aromatic amines is 1. The normalized spacial score (nSPS) is 15.5. The monoisotopic (exact) mass is 352 g/mol. The Morgan fingerprint density at radius 2 is 2.05 bits per heavy atom. The van der Waals surface area contributed by atoms with Crippen LogP contribution in [0.15, 0.2) is 27.5 Å². The molecule has 1 aliphatic rings. The average molecular weight is 353 g/mol. The van der Waals surface area contributed by atoms with E-state index in [-0.39, 0.29) is 11.5 Å². The summed E-state index contributed by atoms with van der Waals surface area (Å²) in [5.41, 5.74) is 0.907. The van der Waals surface area contributed by atoms with Gasteiger partial charge in [0, 0.05) is 11.5 Å². The third-order valence-corrected chi connectivity index (χ3v) is 4.62. The van der Waals surface area contributed by atoms with Gasteiger partial charge in [-0.05, 0) is 47.0 Å². The van der Waals surface area contributed by atoms with Gasteiger partial charge in [0.25, 0.3) is 5.56 Å². The van der Waals surface area contributed by atoms with Crippen molar-refractivity contribution in [1.82, 2.24) is 9.97 Å². The number of benzene rings is 1. The zero-order chi connectivity index (χ0) is 15.0. The predicted octanol–water partition coefficient (Wildman–Crippen LogP) is 3.70. The molecule has 6 heteroatoms. The van der Waals surface area contributed by atoms with Gasteiger partial charge in [-0.3, -0.25) is 4.79 Å². The summed E-state index contributed by atoms with van der Waals surface area (Å²) in [6.07, 6.45) is 4.29. The molecule has 0 spiro atoms. The lowest BCUT2D eigenvalue weighted by molar-refractivity contribution is 0.432. The minimum atomic E-state index is -0.736. The molecule has 110 valence electrons. The molecule has 1 heterocycles. The van der Waals surface area contributed by atoms with Gasteiger partial charge in [0.15, 0.2) is 11.6 Å². The Morgan fingerprint density at radius 1 is 1.33 bits per heavy atom. The molecular weight excluding hydrogens is 339 g/mol. The second kappa shape index (κ2) is 5.60. The molecule has 0 bridgehead atoms. The Balaban J connectivity index is 2.10. The number of hydrogen-bond acceptors (Lipinski definition) is 3. The van der Waals surface area contributed by atoms with Crippen LogP contribution in [0.1, 0.15) is 37.3 Å². The number of nitrogens with one attached hydrogen (secondary N) is 1. The third-order valence-electron chi connectivity index (χ3n) is 3.85. The molecule has 1 aromatic heterocycles. The van der Waals surface area contributed by atoms with Gasteiger partial charge >= 0.3 is 0 Å². The molecule has 1 fully saturated rings. The predicted molar refractivity (Wildman–Crippen MR) is 80.8 cm³/mol. The smallest absolute Gasteiger partial charge is 0.265 e. The van der Waals surface area contributed by atoms with E-state index in [1.807, 2.05) is 0 Å². The number of phenols is 1. The van der Waals surface area contributed by atoms with Crippen LogP contribution < -0.4 is 5.56 Å². The highest BCUT2D eigenvalue weighted by atomic mass is 79.9. The summed E-state index contributed by atoms with van der Waals surface area (Å²) in [4.78, 5) is 19.2. The van der Waals surface area contributed by atoms with Crippen LogP contribution in [0.3, 0.4) is 0 Å². The quantitative estimate of drug-likeness (QED) is 0.865. The summed E-state index contributed by atoms with van der Waals surface area (Å²) in [7, 11) is 0. The number of phenolic OH excluding ortho intramolecular Hbond substituents is 1. The van der Waals surface area contributed by atoms with E-state index in [1.54, 1.807) is 0 Å². The van der Waals surface area contributed by atoms with Gasteiger partial charge in [0.1, 0.15) is 10.3 Å². The lowest BCUT2D eigenvalue weighted by Crippen LogP contribution is -2.15. The lowest BCUT2D eigenvalue weighted by atomic mass is 10.0. The van der Waals surface area contributed by atoms with Crippen LogP contribution >= 0.6 is 15.9 Å². The summed E-state index contributed by atoms with van der Waals surface area (Å²) >= 11 is 3.30. The molecule has 3 rings (SSSR count). The summed E-state index contributed by atoms with van der Waals surface area (Å²) < 4.78 is 13.9. The number of halogens is 2. The van der Waals surface area contributed by atoms with Gasteiger partial charge in [-0.1, -0.05) is 12.8 Å². The van der Waals surface area contributed by atoms with Crippen molar-refractivity contribution in [2.75, 3.05) is 0 Å². The molecule has 2 aromatic rings. The fourth-order valence-corrected chi connectivity index (χ4v) is 3.25. The van der Waals surface area contributed by atoms with Crippen LogP contribution in [-0.4, -0.2) is 15.1 Å². The first kappa shape index (κ1) is 14.3. The van der Waals surface area contributed by atoms with E-state index in [1.165, 1.54) is 18.2 Å². The maximum absolute atomic E-state index is 13.5. The Hall–Kier alpha value is -1.69. The van der Waals surface area contributed by atoms with Crippen LogP contribution in [0.25, 0.3) is 11.4 Å². The second-order valence-electron chi connectivity index (χ2n) is 5.26. The molecule has 1 aliphatic carbocycles. The van der Waals surface area contributed by atoms with Crippen molar-refractivity contribution in [2.45, 2.75) is 31.6 Å². The zero-order valence-electron chi connectivity index (χ0n) is 11.2. The molecule has 0 atom stereocenters. The van der Waals surface area contributed by atoms with E-state index in [9.17, 15) is 14.3 Å². The molecule has 4 nitrogen and oxygen atoms in total. The first-order valence-electron chi connectivity index (χ1n) is 6.85. The average Bonchev–Trinajstić information content (AvgIpc) is 2.98. The van der Waals surface area contributed by atoms with Gasteiger partial charge in [0.05, 0.1) is 5.69 Å². The molecule has 1 saturated carbocycles. The number of H-pyrrole nitrogens is 1. The first-order chi connectivity index (χ1) is 10.1. The highest BCUT2D eigenvalue weighted by molar-refractivity contribution is 9.10. The van der Waals surface area contributed by atoms with Crippen molar-refractivity contribution in [3.05, 3.63) is 44.5 Å². The van der Waals surface area contributed by atoms with Gasteiger partial charge in [-0.15, -0.1) is 0 Å². The van der Waals surface area contributed by atoms with Crippen molar-refractivity contribution < 1.29 is 9.50 Å². The van der Waals surface area contributed by atoms with Gasteiger partial charge in [-0.25, -0.2) is 9.37 Å². The number of aromatic hydroxyl groups is 1. The summed E-state index contributed by atoms with van der Waals surface area (Å²) in [5, 5.41) is 9.24. The van der Waals surface area contributed by atoms with Crippen molar-refractivity contribution in [3.63, 3.8) is 0 Å². The Kier molecular flexibility index (Phi) is 3.80. The molecule has 0 radical (unpaired) electrons. The largest absolute Gasteiger partial charge is 0.505 e. The van der Waals surface area contributed by atoms with Crippen LogP contribution in [0.5, 0.6) is 5.75 Å². The third kappa shape index (κ3) is 2.72. The van der Waals surface area contributed by atoms with Crippen LogP contribution in [0, 0.1) is 5.82 Å². The standard InChI is InChI=1S/C15H14BrFN2O2/c16-12-13(8-3-1-2-4-8)18-14(19-15(12)21)9-5-6-11(20)10(17)7-9/h5-8,20H,1-4H2,(H,18,19,21). The van der Waals surface area contributed by atoms with E-state index >= 15 is 0 Å². The maximum Gasteiger partial charge on any atom is 0.265 e. The molecule has 2 N–H and O–H groups in total. The fourth-order valence-electron chi connectivity index (χ4n) is 2.74.